The maximum Gasteiger partial charge on any atom is 0.297 e. The Morgan fingerprint density at radius 3 is 2.95 bits per heavy atom. The molecule has 104 valence electrons. The van der Waals surface area contributed by atoms with Gasteiger partial charge in [-0.3, -0.25) is 10.1 Å². The molecule has 1 heterocycles. The van der Waals surface area contributed by atoms with Crippen molar-refractivity contribution in [1.29, 1.82) is 0 Å². The summed E-state index contributed by atoms with van der Waals surface area (Å²) in [5, 5.41) is 18.4. The minimum atomic E-state index is -0.663. The maximum atomic E-state index is 13.8. The van der Waals surface area contributed by atoms with Gasteiger partial charge in [-0.25, -0.2) is 9.07 Å². The van der Waals surface area contributed by atoms with Crippen LogP contribution in [0.15, 0.2) is 30.5 Å². The van der Waals surface area contributed by atoms with E-state index in [2.05, 4.69) is 10.4 Å². The summed E-state index contributed by atoms with van der Waals surface area (Å²) in [6.07, 6.45) is 3.87. The molecule has 1 aromatic heterocycles. The van der Waals surface area contributed by atoms with E-state index in [4.69, 9.17) is 0 Å². The molecule has 0 atom stereocenters. The number of rotatable bonds is 5. The molecule has 7 heteroatoms. The second-order valence-electron chi connectivity index (χ2n) is 4.77. The van der Waals surface area contributed by atoms with Crippen LogP contribution in [0.1, 0.15) is 18.5 Å². The zero-order valence-electron chi connectivity index (χ0n) is 10.6. The maximum absolute atomic E-state index is 13.8. The van der Waals surface area contributed by atoms with Gasteiger partial charge in [-0.1, -0.05) is 6.07 Å². The Morgan fingerprint density at radius 1 is 1.45 bits per heavy atom. The first-order valence-electron chi connectivity index (χ1n) is 6.36. The van der Waals surface area contributed by atoms with E-state index in [0.29, 0.717) is 12.6 Å². The van der Waals surface area contributed by atoms with E-state index in [0.717, 1.165) is 5.69 Å². The minimum Gasteiger partial charge on any atom is -0.308 e. The molecule has 1 fully saturated rings. The summed E-state index contributed by atoms with van der Waals surface area (Å²) in [6, 6.07) is 6.04. The lowest BCUT2D eigenvalue weighted by atomic mass is 10.2. The summed E-state index contributed by atoms with van der Waals surface area (Å²) in [4.78, 5) is 10.4. The summed E-state index contributed by atoms with van der Waals surface area (Å²) in [6.45, 7) is 0.583. The van der Waals surface area contributed by atoms with Gasteiger partial charge in [0.1, 0.15) is 0 Å². The fraction of sp³-hybridized carbons (Fsp3) is 0.308. The highest BCUT2D eigenvalue weighted by molar-refractivity contribution is 5.52. The molecule has 20 heavy (non-hydrogen) atoms. The third-order valence-corrected chi connectivity index (χ3v) is 3.18. The van der Waals surface area contributed by atoms with Crippen LogP contribution in [-0.4, -0.2) is 20.7 Å². The third kappa shape index (κ3) is 2.53. The van der Waals surface area contributed by atoms with Crippen LogP contribution in [0.4, 0.5) is 10.1 Å². The molecule has 1 aromatic carbocycles. The molecule has 1 saturated carbocycles. The molecule has 1 aliphatic carbocycles. The van der Waals surface area contributed by atoms with Crippen molar-refractivity contribution in [3.05, 3.63) is 52.1 Å². The van der Waals surface area contributed by atoms with Crippen molar-refractivity contribution in [3.63, 3.8) is 0 Å². The largest absolute Gasteiger partial charge is 0.308 e. The van der Waals surface area contributed by atoms with Crippen molar-refractivity contribution in [3.8, 4) is 5.69 Å². The number of benzene rings is 1. The average Bonchev–Trinajstić information content (AvgIpc) is 3.14. The number of nitro groups is 1. The number of halogens is 1. The Kier molecular flexibility index (Phi) is 3.19. The molecule has 0 aliphatic heterocycles. The van der Waals surface area contributed by atoms with Gasteiger partial charge in [-0.15, -0.1) is 0 Å². The van der Waals surface area contributed by atoms with Gasteiger partial charge in [0.25, 0.3) is 5.69 Å². The van der Waals surface area contributed by atoms with Crippen molar-refractivity contribution >= 4 is 5.69 Å². The van der Waals surface area contributed by atoms with E-state index in [9.17, 15) is 14.5 Å². The van der Waals surface area contributed by atoms with Gasteiger partial charge in [0.05, 0.1) is 10.6 Å². The Bertz CT molecular complexity index is 652. The van der Waals surface area contributed by atoms with Crippen LogP contribution in [0.5, 0.6) is 0 Å². The van der Waals surface area contributed by atoms with Crippen LogP contribution < -0.4 is 5.32 Å². The molecule has 0 unspecified atom stereocenters. The highest BCUT2D eigenvalue weighted by Crippen LogP contribution is 2.25. The summed E-state index contributed by atoms with van der Waals surface area (Å²) in [5.41, 5.74) is 0.305. The number of para-hydroxylation sites is 1. The molecule has 0 amide bonds. The second kappa shape index (κ2) is 5.01. The van der Waals surface area contributed by atoms with Crippen LogP contribution in [0.25, 0.3) is 5.69 Å². The Balaban J connectivity index is 1.90. The van der Waals surface area contributed by atoms with Gasteiger partial charge in [-0.05, 0) is 25.0 Å². The van der Waals surface area contributed by atoms with Crippen LogP contribution >= 0.6 is 0 Å². The Morgan fingerprint density at radius 2 is 2.25 bits per heavy atom. The lowest BCUT2D eigenvalue weighted by molar-refractivity contribution is -0.384. The SMILES string of the molecule is O=[N+]([O-])c1cccc(F)c1-n1ccc(CNC2CC2)n1. The quantitative estimate of drug-likeness (QED) is 0.671. The minimum absolute atomic E-state index is 0.129. The van der Waals surface area contributed by atoms with E-state index in [-0.39, 0.29) is 11.4 Å². The van der Waals surface area contributed by atoms with Crippen LogP contribution in [0.2, 0.25) is 0 Å². The summed E-state index contributed by atoms with van der Waals surface area (Å²) in [5.74, 6) is -0.663. The number of hydrogen-bond donors (Lipinski definition) is 1. The number of nitrogens with zero attached hydrogens (tertiary/aromatic N) is 3. The van der Waals surface area contributed by atoms with Gasteiger partial charge >= 0.3 is 0 Å². The van der Waals surface area contributed by atoms with E-state index in [1.165, 1.54) is 41.9 Å². The van der Waals surface area contributed by atoms with Crippen molar-refractivity contribution in [1.82, 2.24) is 15.1 Å². The van der Waals surface area contributed by atoms with Crippen molar-refractivity contribution in [2.24, 2.45) is 0 Å². The molecular formula is C13H13FN4O2. The van der Waals surface area contributed by atoms with Gasteiger partial charge < -0.3 is 5.32 Å². The predicted molar refractivity (Wildman–Crippen MR) is 70.0 cm³/mol. The molecule has 1 aliphatic rings. The standard InChI is InChI=1S/C13H13FN4O2/c14-11-2-1-3-12(18(19)20)13(11)17-7-6-10(16-17)8-15-9-4-5-9/h1-3,6-7,9,15H,4-5,8H2. The molecule has 0 saturated heterocycles. The topological polar surface area (TPSA) is 73.0 Å². The number of aromatic nitrogens is 2. The van der Waals surface area contributed by atoms with Crippen molar-refractivity contribution < 1.29 is 9.31 Å². The lowest BCUT2D eigenvalue weighted by Crippen LogP contribution is -2.16. The van der Waals surface area contributed by atoms with Crippen molar-refractivity contribution in [2.75, 3.05) is 0 Å². The number of hydrogen-bond acceptors (Lipinski definition) is 4. The van der Waals surface area contributed by atoms with E-state index in [1.807, 2.05) is 0 Å². The smallest absolute Gasteiger partial charge is 0.297 e. The fourth-order valence-electron chi connectivity index (χ4n) is 1.99. The van der Waals surface area contributed by atoms with Gasteiger partial charge in [-0.2, -0.15) is 5.10 Å². The van der Waals surface area contributed by atoms with Crippen LogP contribution in [-0.2, 0) is 6.54 Å². The first-order valence-corrected chi connectivity index (χ1v) is 6.36. The third-order valence-electron chi connectivity index (χ3n) is 3.18. The van der Waals surface area contributed by atoms with E-state index >= 15 is 0 Å². The average molecular weight is 276 g/mol. The molecule has 6 nitrogen and oxygen atoms in total. The number of nitrogens with one attached hydrogen (secondary N) is 1. The Hall–Kier alpha value is -2.28. The highest BCUT2D eigenvalue weighted by atomic mass is 19.1. The normalized spacial score (nSPS) is 14.4. The van der Waals surface area contributed by atoms with Crippen molar-refractivity contribution in [2.45, 2.75) is 25.4 Å². The molecule has 1 N–H and O–H groups in total. The molecule has 2 aromatic rings. The lowest BCUT2D eigenvalue weighted by Gasteiger charge is -2.04. The molecule has 3 rings (SSSR count). The zero-order valence-corrected chi connectivity index (χ0v) is 10.6. The molecule has 0 bridgehead atoms. The number of nitro benzene ring substituents is 1. The van der Waals surface area contributed by atoms with E-state index in [1.54, 1.807) is 6.07 Å². The van der Waals surface area contributed by atoms with Gasteiger partial charge in [0.15, 0.2) is 11.5 Å². The summed E-state index contributed by atoms with van der Waals surface area (Å²) >= 11 is 0. The van der Waals surface area contributed by atoms with E-state index < -0.39 is 10.7 Å². The van der Waals surface area contributed by atoms with Crippen LogP contribution in [0, 0.1) is 15.9 Å². The van der Waals surface area contributed by atoms with Gasteiger partial charge in [0, 0.05) is 24.8 Å². The zero-order chi connectivity index (χ0) is 14.1. The molecule has 0 spiro atoms. The summed E-state index contributed by atoms with van der Waals surface area (Å²) in [7, 11) is 0. The van der Waals surface area contributed by atoms with Gasteiger partial charge in [0.2, 0.25) is 0 Å². The monoisotopic (exact) mass is 276 g/mol. The first kappa shape index (κ1) is 12.7. The molecular weight excluding hydrogens is 263 g/mol. The second-order valence-corrected chi connectivity index (χ2v) is 4.77. The highest BCUT2D eigenvalue weighted by Gasteiger charge is 2.22. The molecule has 0 radical (unpaired) electrons. The van der Waals surface area contributed by atoms with Crippen LogP contribution in [0.3, 0.4) is 0 Å². The first-order chi connectivity index (χ1) is 9.65. The summed E-state index contributed by atoms with van der Waals surface area (Å²) < 4.78 is 15.1. The Labute approximate surface area is 114 Å². The predicted octanol–water partition coefficient (Wildman–Crippen LogP) is 2.17. The fourth-order valence-corrected chi connectivity index (χ4v) is 1.99.